The number of hydrogen-bond acceptors (Lipinski definition) is 2. The average molecular weight is 253 g/mol. The van der Waals surface area contributed by atoms with Gasteiger partial charge in [-0.2, -0.15) is 0 Å². The van der Waals surface area contributed by atoms with E-state index in [2.05, 4.69) is 0 Å². The van der Waals surface area contributed by atoms with E-state index in [-0.39, 0.29) is 6.61 Å². The highest BCUT2D eigenvalue weighted by atomic mass is 35.5. The number of hydrogen-bond donors (Lipinski definition) is 1. The van der Waals surface area contributed by atoms with E-state index in [1.165, 1.54) is 12.1 Å². The number of benzene rings is 2. The lowest BCUT2D eigenvalue weighted by molar-refractivity contribution is 0.280. The minimum Gasteiger partial charge on any atom is -0.456 e. The summed E-state index contributed by atoms with van der Waals surface area (Å²) in [5, 5.41) is 9.41. The van der Waals surface area contributed by atoms with Crippen molar-refractivity contribution >= 4 is 11.6 Å². The van der Waals surface area contributed by atoms with Crippen molar-refractivity contribution in [2.75, 3.05) is 0 Å². The Morgan fingerprint density at radius 2 is 1.94 bits per heavy atom. The van der Waals surface area contributed by atoms with E-state index in [0.29, 0.717) is 22.1 Å². The van der Waals surface area contributed by atoms with Gasteiger partial charge in [0.05, 0.1) is 11.6 Å². The molecule has 0 saturated heterocycles. The summed E-state index contributed by atoms with van der Waals surface area (Å²) >= 11 is 5.92. The molecule has 0 fully saturated rings. The number of ether oxygens (including phenoxy) is 1. The molecule has 0 amide bonds. The van der Waals surface area contributed by atoms with Crippen molar-refractivity contribution in [2.45, 2.75) is 6.61 Å². The molecule has 0 aliphatic carbocycles. The van der Waals surface area contributed by atoms with Crippen molar-refractivity contribution in [3.8, 4) is 11.5 Å². The van der Waals surface area contributed by atoms with E-state index in [0.717, 1.165) is 0 Å². The smallest absolute Gasteiger partial charge is 0.146 e. The van der Waals surface area contributed by atoms with Gasteiger partial charge in [-0.25, -0.2) is 4.39 Å². The molecule has 0 radical (unpaired) electrons. The Bertz CT molecular complexity index is 529. The quantitative estimate of drug-likeness (QED) is 0.901. The Labute approximate surface area is 103 Å². The van der Waals surface area contributed by atoms with Crippen LogP contribution in [0.2, 0.25) is 5.02 Å². The van der Waals surface area contributed by atoms with Crippen molar-refractivity contribution in [2.24, 2.45) is 0 Å². The third-order valence-corrected chi connectivity index (χ3v) is 2.49. The largest absolute Gasteiger partial charge is 0.456 e. The molecule has 17 heavy (non-hydrogen) atoms. The van der Waals surface area contributed by atoms with E-state index in [1.54, 1.807) is 30.3 Å². The second kappa shape index (κ2) is 5.17. The van der Waals surface area contributed by atoms with Crippen LogP contribution in [0.25, 0.3) is 0 Å². The van der Waals surface area contributed by atoms with Crippen LogP contribution in [-0.4, -0.2) is 5.11 Å². The molecule has 2 rings (SSSR count). The topological polar surface area (TPSA) is 29.5 Å². The molecule has 88 valence electrons. The maximum absolute atomic E-state index is 13.2. The van der Waals surface area contributed by atoms with E-state index in [1.807, 2.05) is 0 Å². The summed E-state index contributed by atoms with van der Waals surface area (Å²) in [5.41, 5.74) is 0.451. The number of aliphatic hydroxyl groups is 1. The van der Waals surface area contributed by atoms with Gasteiger partial charge in [-0.3, -0.25) is 0 Å². The fourth-order valence-corrected chi connectivity index (χ4v) is 1.60. The summed E-state index contributed by atoms with van der Waals surface area (Å²) in [7, 11) is 0. The summed E-state index contributed by atoms with van der Waals surface area (Å²) in [5.74, 6) is 0.296. The second-order valence-corrected chi connectivity index (χ2v) is 3.89. The molecule has 0 spiro atoms. The van der Waals surface area contributed by atoms with Gasteiger partial charge < -0.3 is 9.84 Å². The lowest BCUT2D eigenvalue weighted by Gasteiger charge is -2.08. The standard InChI is InChI=1S/C13H10ClFO2/c14-12-3-1-2-4-13(12)17-11-6-9(8-16)5-10(15)7-11/h1-7,16H,8H2. The fourth-order valence-electron chi connectivity index (χ4n) is 1.43. The van der Waals surface area contributed by atoms with Crippen LogP contribution in [0.15, 0.2) is 42.5 Å². The molecular formula is C13H10ClFO2. The Balaban J connectivity index is 2.30. The van der Waals surface area contributed by atoms with Crippen molar-refractivity contribution in [1.82, 2.24) is 0 Å². The van der Waals surface area contributed by atoms with E-state index in [4.69, 9.17) is 21.4 Å². The SMILES string of the molecule is OCc1cc(F)cc(Oc2ccccc2Cl)c1. The second-order valence-electron chi connectivity index (χ2n) is 3.49. The number of para-hydroxylation sites is 1. The molecule has 0 aliphatic rings. The van der Waals surface area contributed by atoms with Crippen LogP contribution in [0, 0.1) is 5.82 Å². The van der Waals surface area contributed by atoms with Gasteiger partial charge >= 0.3 is 0 Å². The predicted molar refractivity (Wildman–Crippen MR) is 63.8 cm³/mol. The van der Waals surface area contributed by atoms with Gasteiger partial charge in [-0.05, 0) is 29.8 Å². The first-order valence-electron chi connectivity index (χ1n) is 5.02. The van der Waals surface area contributed by atoms with Crippen LogP contribution < -0.4 is 4.74 Å². The predicted octanol–water partition coefficient (Wildman–Crippen LogP) is 3.76. The lowest BCUT2D eigenvalue weighted by atomic mass is 10.2. The maximum Gasteiger partial charge on any atom is 0.146 e. The maximum atomic E-state index is 13.2. The van der Waals surface area contributed by atoms with Crippen molar-refractivity contribution in [3.05, 3.63) is 58.9 Å². The summed E-state index contributed by atoms with van der Waals surface area (Å²) in [4.78, 5) is 0. The van der Waals surface area contributed by atoms with Gasteiger partial charge in [0.1, 0.15) is 17.3 Å². The minimum atomic E-state index is -0.460. The monoisotopic (exact) mass is 252 g/mol. The molecule has 1 N–H and O–H groups in total. The van der Waals surface area contributed by atoms with Crippen LogP contribution >= 0.6 is 11.6 Å². The van der Waals surface area contributed by atoms with Crippen LogP contribution in [0.4, 0.5) is 4.39 Å². The summed E-state index contributed by atoms with van der Waals surface area (Å²) in [6.45, 7) is -0.239. The first kappa shape index (κ1) is 11.9. The van der Waals surface area contributed by atoms with Crippen LogP contribution in [0.5, 0.6) is 11.5 Å². The van der Waals surface area contributed by atoms with Gasteiger partial charge in [0.25, 0.3) is 0 Å². The van der Waals surface area contributed by atoms with Gasteiger partial charge in [0.15, 0.2) is 0 Å². The summed E-state index contributed by atoms with van der Waals surface area (Å²) in [6.07, 6.45) is 0. The van der Waals surface area contributed by atoms with Crippen molar-refractivity contribution in [3.63, 3.8) is 0 Å². The highest BCUT2D eigenvalue weighted by molar-refractivity contribution is 6.32. The van der Waals surface area contributed by atoms with Crippen LogP contribution in [0.3, 0.4) is 0 Å². The number of aliphatic hydroxyl groups excluding tert-OH is 1. The third kappa shape index (κ3) is 2.96. The first-order chi connectivity index (χ1) is 8.19. The van der Waals surface area contributed by atoms with E-state index >= 15 is 0 Å². The third-order valence-electron chi connectivity index (χ3n) is 2.18. The number of rotatable bonds is 3. The van der Waals surface area contributed by atoms with Crippen molar-refractivity contribution < 1.29 is 14.2 Å². The fraction of sp³-hybridized carbons (Fsp3) is 0.0769. The molecule has 2 aromatic rings. The van der Waals surface area contributed by atoms with Gasteiger partial charge in [-0.15, -0.1) is 0 Å². The Hall–Kier alpha value is -1.58. The van der Waals surface area contributed by atoms with Crippen LogP contribution in [0.1, 0.15) is 5.56 Å². The zero-order valence-corrected chi connectivity index (χ0v) is 9.62. The molecule has 2 aromatic carbocycles. The Kier molecular flexibility index (Phi) is 3.61. The van der Waals surface area contributed by atoms with E-state index < -0.39 is 5.82 Å². The molecule has 4 heteroatoms. The molecule has 0 aromatic heterocycles. The summed E-state index contributed by atoms with van der Waals surface area (Å²) < 4.78 is 18.6. The van der Waals surface area contributed by atoms with Gasteiger partial charge in [0, 0.05) is 6.07 Å². The molecule has 0 aliphatic heterocycles. The highest BCUT2D eigenvalue weighted by Crippen LogP contribution is 2.29. The molecule has 0 atom stereocenters. The molecule has 0 heterocycles. The Morgan fingerprint density at radius 1 is 1.18 bits per heavy atom. The molecule has 2 nitrogen and oxygen atoms in total. The van der Waals surface area contributed by atoms with E-state index in [9.17, 15) is 4.39 Å². The van der Waals surface area contributed by atoms with Crippen LogP contribution in [-0.2, 0) is 6.61 Å². The first-order valence-corrected chi connectivity index (χ1v) is 5.39. The zero-order valence-electron chi connectivity index (χ0n) is 8.86. The van der Waals surface area contributed by atoms with Gasteiger partial charge in [0.2, 0.25) is 0 Å². The Morgan fingerprint density at radius 3 is 2.65 bits per heavy atom. The minimum absolute atomic E-state index is 0.239. The summed E-state index contributed by atoms with van der Waals surface area (Å²) in [6, 6.07) is 11.0. The highest BCUT2D eigenvalue weighted by Gasteiger charge is 2.05. The lowest BCUT2D eigenvalue weighted by Crippen LogP contribution is -1.90. The average Bonchev–Trinajstić information content (AvgIpc) is 2.31. The molecule has 0 saturated carbocycles. The molecule has 0 bridgehead atoms. The zero-order chi connectivity index (χ0) is 12.3. The van der Waals surface area contributed by atoms with Crippen molar-refractivity contribution in [1.29, 1.82) is 0 Å². The van der Waals surface area contributed by atoms with Gasteiger partial charge in [-0.1, -0.05) is 23.7 Å². The molecular weight excluding hydrogens is 243 g/mol. The number of halogens is 2. The molecule has 0 unspecified atom stereocenters. The normalized spacial score (nSPS) is 10.3.